The van der Waals surface area contributed by atoms with Crippen molar-refractivity contribution in [2.45, 2.75) is 68.9 Å². The summed E-state index contributed by atoms with van der Waals surface area (Å²) in [5.41, 5.74) is 3.03. The van der Waals surface area contributed by atoms with E-state index in [1.54, 1.807) is 12.1 Å². The molecule has 2 aliphatic rings. The van der Waals surface area contributed by atoms with E-state index < -0.39 is 78.4 Å². The number of thioether (sulfide) groups is 1. The molecule has 4 rings (SSSR count). The number of hydrogen-bond acceptors (Lipinski definition) is 9. The number of Topliss-reactive ketones (excluding diaryl/α,β-unsaturated/α-hetero) is 1. The smallest absolute Gasteiger partial charge is 0.308 e. The molecule has 2 aromatic rings. The van der Waals surface area contributed by atoms with E-state index in [4.69, 9.17) is 0 Å². The average molecular weight is 653 g/mol. The van der Waals surface area contributed by atoms with Gasteiger partial charge in [0.05, 0.1) is 37.4 Å². The first-order valence-corrected chi connectivity index (χ1v) is 15.9. The Labute approximate surface area is 269 Å². The van der Waals surface area contributed by atoms with Crippen molar-refractivity contribution in [3.8, 4) is 0 Å². The Morgan fingerprint density at radius 3 is 2.37 bits per heavy atom. The number of para-hydroxylation sites is 1. The lowest BCUT2D eigenvalue weighted by atomic mass is 10.0. The summed E-state index contributed by atoms with van der Waals surface area (Å²) in [5, 5.41) is 17.1. The Balaban J connectivity index is 1.51. The number of nitrogens with zero attached hydrogens (tertiary/aromatic N) is 1. The van der Waals surface area contributed by atoms with Gasteiger partial charge in [-0.05, 0) is 29.5 Å². The minimum Gasteiger partial charge on any atom is -0.481 e. The van der Waals surface area contributed by atoms with Gasteiger partial charge < -0.3 is 25.8 Å². The topological polar surface area (TPSA) is 188 Å². The molecule has 0 saturated carbocycles. The number of aryl methyl sites for hydroxylation is 1. The zero-order valence-electron chi connectivity index (χ0n) is 25.4. The lowest BCUT2D eigenvalue weighted by molar-refractivity contribution is -0.144. The van der Waals surface area contributed by atoms with Crippen LogP contribution in [0.25, 0.3) is 0 Å². The van der Waals surface area contributed by atoms with Gasteiger partial charge in [0.25, 0.3) is 0 Å². The van der Waals surface area contributed by atoms with Crippen LogP contribution in [0.5, 0.6) is 0 Å². The van der Waals surface area contributed by atoms with E-state index in [1.807, 2.05) is 36.4 Å². The molecule has 0 bridgehead atoms. The lowest BCUT2D eigenvalue weighted by Crippen LogP contribution is -2.58. The minimum absolute atomic E-state index is 0.0278. The van der Waals surface area contributed by atoms with E-state index in [9.17, 15) is 38.7 Å². The average Bonchev–Trinajstić information content (AvgIpc) is 3.36. The van der Waals surface area contributed by atoms with Crippen LogP contribution in [-0.2, 0) is 56.9 Å². The quantitative estimate of drug-likeness (QED) is 0.214. The van der Waals surface area contributed by atoms with Gasteiger partial charge in [0.15, 0.2) is 5.78 Å². The third kappa shape index (κ3) is 8.50. The van der Waals surface area contributed by atoms with Crippen molar-refractivity contribution in [2.24, 2.45) is 0 Å². The first-order valence-electron chi connectivity index (χ1n) is 14.7. The SMILES string of the molecule is COC(=O)C[C@H](NC(C)=O)C(=O)N[C@H]1CCc2cccc3c2N(C1=O)[C@H](C(=O)N[C@@H](CC(=O)O)C(=O)CSCc1ccccc1)C3. The number of anilines is 1. The number of rotatable bonds is 14. The molecule has 244 valence electrons. The molecular formula is C32H36N4O9S. The number of esters is 1. The van der Waals surface area contributed by atoms with Gasteiger partial charge in [-0.1, -0.05) is 48.5 Å². The molecule has 0 fully saturated rings. The van der Waals surface area contributed by atoms with Gasteiger partial charge in [0, 0.05) is 19.1 Å². The highest BCUT2D eigenvalue weighted by molar-refractivity contribution is 7.99. The Morgan fingerprint density at radius 1 is 0.978 bits per heavy atom. The standard InChI is InChI=1S/C32H36N4O9S/c1-18(37)33-24(15-28(41)45-2)30(42)34-22-12-11-20-9-6-10-21-13-25(36(29(20)21)32(22)44)31(43)35-23(14-27(39)40)26(38)17-46-16-19-7-4-3-5-8-19/h3-10,22-25H,11-17H2,1-2H3,(H,33,37)(H,34,42)(H,35,43)(H,39,40)/t22-,23-,24-,25-/m0/s1. The molecule has 4 atom stereocenters. The summed E-state index contributed by atoms with van der Waals surface area (Å²) in [6, 6.07) is 10.0. The van der Waals surface area contributed by atoms with Gasteiger partial charge in [-0.25, -0.2) is 0 Å². The fraction of sp³-hybridized carbons (Fsp3) is 0.406. The summed E-state index contributed by atoms with van der Waals surface area (Å²) < 4.78 is 4.63. The van der Waals surface area contributed by atoms with Crippen molar-refractivity contribution in [3.63, 3.8) is 0 Å². The molecule has 13 nitrogen and oxygen atoms in total. The first kappa shape index (κ1) is 34.2. The molecule has 0 aromatic heterocycles. The Kier molecular flexibility index (Phi) is 11.5. The second-order valence-corrected chi connectivity index (χ2v) is 12.1. The fourth-order valence-corrected chi connectivity index (χ4v) is 6.52. The Morgan fingerprint density at radius 2 is 1.70 bits per heavy atom. The molecule has 2 heterocycles. The van der Waals surface area contributed by atoms with Gasteiger partial charge in [0.1, 0.15) is 18.1 Å². The molecule has 2 aromatic carbocycles. The van der Waals surface area contributed by atoms with Gasteiger partial charge in [-0.15, -0.1) is 11.8 Å². The van der Waals surface area contributed by atoms with Crippen LogP contribution in [0.4, 0.5) is 5.69 Å². The summed E-state index contributed by atoms with van der Waals surface area (Å²) in [5.74, 6) is -4.59. The van der Waals surface area contributed by atoms with Gasteiger partial charge in [-0.3, -0.25) is 38.5 Å². The number of aliphatic carboxylic acids is 1. The molecule has 0 saturated heterocycles. The maximum atomic E-state index is 14.0. The van der Waals surface area contributed by atoms with Gasteiger partial charge in [0.2, 0.25) is 23.6 Å². The van der Waals surface area contributed by atoms with Gasteiger partial charge >= 0.3 is 11.9 Å². The van der Waals surface area contributed by atoms with Crippen molar-refractivity contribution in [2.75, 3.05) is 17.8 Å². The molecule has 0 spiro atoms. The van der Waals surface area contributed by atoms with Crippen LogP contribution < -0.4 is 20.9 Å². The van der Waals surface area contributed by atoms with Crippen molar-refractivity contribution in [1.82, 2.24) is 16.0 Å². The zero-order chi connectivity index (χ0) is 33.4. The minimum atomic E-state index is -1.31. The molecule has 4 amide bonds. The Hall–Kier alpha value is -4.72. The van der Waals surface area contributed by atoms with E-state index in [1.165, 1.54) is 23.6 Å². The van der Waals surface area contributed by atoms with E-state index >= 15 is 0 Å². The summed E-state index contributed by atoms with van der Waals surface area (Å²) in [6.07, 6.45) is -0.404. The number of benzene rings is 2. The number of carboxylic acids is 1. The maximum absolute atomic E-state index is 14.0. The van der Waals surface area contributed by atoms with Crippen LogP contribution >= 0.6 is 11.8 Å². The molecule has 0 unspecified atom stereocenters. The zero-order valence-corrected chi connectivity index (χ0v) is 26.3. The van der Waals surface area contributed by atoms with Crippen LogP contribution in [0.15, 0.2) is 48.5 Å². The first-order chi connectivity index (χ1) is 22.0. The highest BCUT2D eigenvalue weighted by Gasteiger charge is 2.45. The van der Waals surface area contributed by atoms with Crippen LogP contribution in [0.3, 0.4) is 0 Å². The third-order valence-corrected chi connectivity index (χ3v) is 8.78. The number of nitrogens with one attached hydrogen (secondary N) is 3. The van der Waals surface area contributed by atoms with Crippen LogP contribution in [0.2, 0.25) is 0 Å². The van der Waals surface area contributed by atoms with Crippen molar-refractivity contribution < 1.29 is 43.4 Å². The Bertz CT molecular complexity index is 1520. The van der Waals surface area contributed by atoms with E-state index in [2.05, 4.69) is 20.7 Å². The van der Waals surface area contributed by atoms with Crippen LogP contribution in [0, 0.1) is 0 Å². The number of carbonyl (C=O) groups excluding carboxylic acids is 6. The van der Waals surface area contributed by atoms with E-state index in [-0.39, 0.29) is 18.6 Å². The second-order valence-electron chi connectivity index (χ2n) is 11.1. The number of carboxylic acid groups (broad SMARTS) is 1. The number of ketones is 1. The predicted molar refractivity (Wildman–Crippen MR) is 168 cm³/mol. The molecule has 2 aliphatic heterocycles. The highest BCUT2D eigenvalue weighted by atomic mass is 32.2. The molecule has 0 aliphatic carbocycles. The predicted octanol–water partition coefficient (Wildman–Crippen LogP) is 0.905. The number of hydrogen-bond donors (Lipinski definition) is 4. The number of methoxy groups -OCH3 is 1. The number of amides is 4. The molecule has 46 heavy (non-hydrogen) atoms. The van der Waals surface area contributed by atoms with Crippen molar-refractivity contribution >= 4 is 58.8 Å². The number of ether oxygens (including phenoxy) is 1. The maximum Gasteiger partial charge on any atom is 0.308 e. The summed E-state index contributed by atoms with van der Waals surface area (Å²) in [4.78, 5) is 90.6. The molecule has 14 heteroatoms. The van der Waals surface area contributed by atoms with Crippen LogP contribution in [-0.4, -0.2) is 83.5 Å². The molecular weight excluding hydrogens is 616 g/mol. The fourth-order valence-electron chi connectivity index (χ4n) is 5.58. The van der Waals surface area contributed by atoms with E-state index in [0.717, 1.165) is 23.8 Å². The number of carbonyl (C=O) groups is 7. The van der Waals surface area contributed by atoms with Crippen molar-refractivity contribution in [1.29, 1.82) is 0 Å². The van der Waals surface area contributed by atoms with Crippen molar-refractivity contribution in [3.05, 3.63) is 65.2 Å². The molecule has 4 N–H and O–H groups in total. The summed E-state index contributed by atoms with van der Waals surface area (Å²) >= 11 is 1.30. The highest BCUT2D eigenvalue weighted by Crippen LogP contribution is 2.39. The monoisotopic (exact) mass is 652 g/mol. The lowest BCUT2D eigenvalue weighted by Gasteiger charge is -2.29. The molecule has 0 radical (unpaired) electrons. The van der Waals surface area contributed by atoms with Crippen LogP contribution in [0.1, 0.15) is 42.9 Å². The van der Waals surface area contributed by atoms with E-state index in [0.29, 0.717) is 17.9 Å². The second kappa shape index (κ2) is 15.5. The summed E-state index contributed by atoms with van der Waals surface area (Å²) in [6.45, 7) is 1.18. The van der Waals surface area contributed by atoms with Gasteiger partial charge in [-0.2, -0.15) is 0 Å². The third-order valence-electron chi connectivity index (χ3n) is 7.76. The normalized spacial score (nSPS) is 18.0. The largest absolute Gasteiger partial charge is 0.481 e. The summed E-state index contributed by atoms with van der Waals surface area (Å²) in [7, 11) is 1.14.